The van der Waals surface area contributed by atoms with Crippen molar-refractivity contribution in [1.29, 1.82) is 0 Å². The van der Waals surface area contributed by atoms with Gasteiger partial charge in [-0.05, 0) is 33.1 Å². The number of rotatable bonds is 14. The van der Waals surface area contributed by atoms with Crippen molar-refractivity contribution in [3.63, 3.8) is 0 Å². The molecule has 0 aliphatic rings. The van der Waals surface area contributed by atoms with E-state index in [1.807, 2.05) is 13.8 Å². The Bertz CT molecular complexity index is 300. The zero-order valence-electron chi connectivity index (χ0n) is 14.8. The quantitative estimate of drug-likeness (QED) is 0.149. The molecule has 3 heteroatoms. The monoisotopic (exact) mass is 374 g/mol. The van der Waals surface area contributed by atoms with Gasteiger partial charge < -0.3 is 4.74 Å². The topological polar surface area (TPSA) is 26.3 Å². The summed E-state index contributed by atoms with van der Waals surface area (Å²) < 4.78 is 4.92. The molecule has 0 radical (unpaired) electrons. The number of allylic oxidation sites excluding steroid dienone is 1. The fourth-order valence-electron chi connectivity index (χ4n) is 2.49. The van der Waals surface area contributed by atoms with Crippen molar-refractivity contribution < 1.29 is 9.53 Å². The number of ether oxygens (including phenoxy) is 1. The minimum absolute atomic E-state index is 0.214. The first kappa shape index (κ1) is 21.7. The fraction of sp³-hybridized carbons (Fsp3) is 0.842. The smallest absolute Gasteiger partial charge is 0.330 e. The van der Waals surface area contributed by atoms with Crippen molar-refractivity contribution in [3.05, 3.63) is 11.6 Å². The molecule has 0 aromatic carbocycles. The highest BCUT2D eigenvalue weighted by Crippen LogP contribution is 2.20. The predicted octanol–water partition coefficient (Wildman–Crippen LogP) is 6.57. The van der Waals surface area contributed by atoms with Gasteiger partial charge in [0.25, 0.3) is 0 Å². The zero-order chi connectivity index (χ0) is 16.6. The number of carbonyl (C=O) groups excluding carboxylic acids is 1. The molecule has 130 valence electrons. The molecule has 0 aromatic heterocycles. The summed E-state index contributed by atoms with van der Waals surface area (Å²) in [6.07, 6.45) is 15.9. The van der Waals surface area contributed by atoms with Crippen LogP contribution in [0.5, 0.6) is 0 Å². The standard InChI is InChI=1S/C19H35BrO2/c1-4-6-7-8-9-10-11-12-13-18(20)15-14-17(3)16-19(21)22-5-2/h16,18H,4-15H2,1-3H3/b17-16+. The first-order valence-electron chi connectivity index (χ1n) is 9.08. The van der Waals surface area contributed by atoms with Gasteiger partial charge in [0.2, 0.25) is 0 Å². The molecule has 0 N–H and O–H groups in total. The van der Waals surface area contributed by atoms with E-state index in [1.54, 1.807) is 6.08 Å². The Morgan fingerprint density at radius 3 is 2.18 bits per heavy atom. The summed E-state index contributed by atoms with van der Waals surface area (Å²) in [6, 6.07) is 0. The molecule has 0 fully saturated rings. The third-order valence-corrected chi connectivity index (χ3v) is 4.79. The van der Waals surface area contributed by atoms with Crippen LogP contribution in [0, 0.1) is 0 Å². The summed E-state index contributed by atoms with van der Waals surface area (Å²) in [7, 11) is 0. The van der Waals surface area contributed by atoms with Gasteiger partial charge in [-0.15, -0.1) is 0 Å². The van der Waals surface area contributed by atoms with Gasteiger partial charge in [0.1, 0.15) is 0 Å². The average molecular weight is 375 g/mol. The highest BCUT2D eigenvalue weighted by Gasteiger charge is 2.05. The van der Waals surface area contributed by atoms with E-state index >= 15 is 0 Å². The number of unbranched alkanes of at least 4 members (excludes halogenated alkanes) is 7. The molecule has 22 heavy (non-hydrogen) atoms. The average Bonchev–Trinajstić information content (AvgIpc) is 2.48. The lowest BCUT2D eigenvalue weighted by Gasteiger charge is -2.10. The summed E-state index contributed by atoms with van der Waals surface area (Å²) in [5, 5.41) is 0. The minimum Gasteiger partial charge on any atom is -0.463 e. The van der Waals surface area contributed by atoms with E-state index in [0.717, 1.165) is 18.4 Å². The predicted molar refractivity (Wildman–Crippen MR) is 99.6 cm³/mol. The molecule has 0 aliphatic heterocycles. The second-order valence-electron chi connectivity index (χ2n) is 6.14. The lowest BCUT2D eigenvalue weighted by atomic mass is 10.0. The molecule has 0 aromatic rings. The molecule has 1 atom stereocenters. The van der Waals surface area contributed by atoms with E-state index in [-0.39, 0.29) is 5.97 Å². The van der Waals surface area contributed by atoms with Crippen LogP contribution in [0.2, 0.25) is 0 Å². The molecule has 0 spiro atoms. The Kier molecular flexibility index (Phi) is 15.4. The molecular weight excluding hydrogens is 340 g/mol. The number of halogens is 1. The molecule has 0 amide bonds. The number of alkyl halides is 1. The first-order chi connectivity index (χ1) is 10.6. The second kappa shape index (κ2) is 15.6. The molecular formula is C19H35BrO2. The Balaban J connectivity index is 3.53. The van der Waals surface area contributed by atoms with Crippen LogP contribution in [-0.4, -0.2) is 17.4 Å². The van der Waals surface area contributed by atoms with Crippen LogP contribution < -0.4 is 0 Å². The molecule has 0 saturated heterocycles. The Labute approximate surface area is 146 Å². The highest BCUT2D eigenvalue weighted by molar-refractivity contribution is 9.09. The maximum absolute atomic E-state index is 11.3. The summed E-state index contributed by atoms with van der Waals surface area (Å²) >= 11 is 3.76. The number of esters is 1. The van der Waals surface area contributed by atoms with Crippen molar-refractivity contribution in [2.24, 2.45) is 0 Å². The van der Waals surface area contributed by atoms with Crippen LogP contribution in [0.3, 0.4) is 0 Å². The van der Waals surface area contributed by atoms with Gasteiger partial charge in [-0.1, -0.05) is 79.8 Å². The Hall–Kier alpha value is -0.310. The van der Waals surface area contributed by atoms with Crippen LogP contribution in [0.1, 0.15) is 91.4 Å². The third kappa shape index (κ3) is 14.6. The van der Waals surface area contributed by atoms with Crippen molar-refractivity contribution in [1.82, 2.24) is 0 Å². The number of carbonyl (C=O) groups is 1. The van der Waals surface area contributed by atoms with Crippen LogP contribution in [0.15, 0.2) is 11.6 Å². The third-order valence-electron chi connectivity index (χ3n) is 3.87. The Morgan fingerprint density at radius 1 is 1.00 bits per heavy atom. The molecule has 0 bridgehead atoms. The molecule has 0 heterocycles. The molecule has 0 saturated carbocycles. The second-order valence-corrected chi connectivity index (χ2v) is 7.44. The van der Waals surface area contributed by atoms with E-state index in [0.29, 0.717) is 11.4 Å². The lowest BCUT2D eigenvalue weighted by molar-refractivity contribution is -0.137. The van der Waals surface area contributed by atoms with E-state index in [1.165, 1.54) is 57.8 Å². The summed E-state index contributed by atoms with van der Waals surface area (Å²) in [5.74, 6) is -0.214. The minimum atomic E-state index is -0.214. The van der Waals surface area contributed by atoms with E-state index < -0.39 is 0 Å². The Morgan fingerprint density at radius 2 is 1.59 bits per heavy atom. The van der Waals surface area contributed by atoms with Gasteiger partial charge >= 0.3 is 5.97 Å². The maximum atomic E-state index is 11.3. The van der Waals surface area contributed by atoms with Crippen molar-refractivity contribution in [2.75, 3.05) is 6.61 Å². The molecule has 1 unspecified atom stereocenters. The largest absolute Gasteiger partial charge is 0.463 e. The maximum Gasteiger partial charge on any atom is 0.330 e. The zero-order valence-corrected chi connectivity index (χ0v) is 16.4. The van der Waals surface area contributed by atoms with Crippen LogP contribution >= 0.6 is 15.9 Å². The molecule has 0 rings (SSSR count). The van der Waals surface area contributed by atoms with E-state index in [4.69, 9.17) is 4.74 Å². The lowest BCUT2D eigenvalue weighted by Crippen LogP contribution is -2.02. The first-order valence-corrected chi connectivity index (χ1v) is 9.99. The van der Waals surface area contributed by atoms with Crippen LogP contribution in [0.4, 0.5) is 0 Å². The molecule has 0 aliphatic carbocycles. The number of hydrogen-bond donors (Lipinski definition) is 0. The van der Waals surface area contributed by atoms with Gasteiger partial charge in [0, 0.05) is 10.9 Å². The van der Waals surface area contributed by atoms with Gasteiger partial charge in [0.15, 0.2) is 0 Å². The normalized spacial score (nSPS) is 13.2. The van der Waals surface area contributed by atoms with E-state index in [9.17, 15) is 4.79 Å². The van der Waals surface area contributed by atoms with Crippen molar-refractivity contribution >= 4 is 21.9 Å². The summed E-state index contributed by atoms with van der Waals surface area (Å²) in [6.45, 7) is 6.55. The summed E-state index contributed by atoms with van der Waals surface area (Å²) in [5.41, 5.74) is 1.11. The highest BCUT2D eigenvalue weighted by atomic mass is 79.9. The summed E-state index contributed by atoms with van der Waals surface area (Å²) in [4.78, 5) is 11.9. The van der Waals surface area contributed by atoms with E-state index in [2.05, 4.69) is 22.9 Å². The number of hydrogen-bond acceptors (Lipinski definition) is 2. The van der Waals surface area contributed by atoms with Crippen LogP contribution in [-0.2, 0) is 9.53 Å². The van der Waals surface area contributed by atoms with Crippen LogP contribution in [0.25, 0.3) is 0 Å². The molecule has 2 nitrogen and oxygen atoms in total. The SMILES string of the molecule is CCCCCCCCCCC(Br)CC/C(C)=C/C(=O)OCC. The van der Waals surface area contributed by atoms with Gasteiger partial charge in [-0.25, -0.2) is 4.79 Å². The van der Waals surface area contributed by atoms with Crippen molar-refractivity contribution in [2.45, 2.75) is 96.2 Å². The van der Waals surface area contributed by atoms with Crippen molar-refractivity contribution in [3.8, 4) is 0 Å². The van der Waals surface area contributed by atoms with Gasteiger partial charge in [-0.2, -0.15) is 0 Å². The van der Waals surface area contributed by atoms with Gasteiger partial charge in [-0.3, -0.25) is 0 Å². The van der Waals surface area contributed by atoms with Gasteiger partial charge in [0.05, 0.1) is 6.61 Å². The fourth-order valence-corrected chi connectivity index (χ4v) is 3.04.